The van der Waals surface area contributed by atoms with Crippen LogP contribution in [0, 0.1) is 5.82 Å². The third kappa shape index (κ3) is 3.97. The smallest absolute Gasteiger partial charge is 0.329 e. The van der Waals surface area contributed by atoms with Crippen LogP contribution in [0.15, 0.2) is 53.1 Å². The first-order valence-electron chi connectivity index (χ1n) is 7.87. The second-order valence-corrected chi connectivity index (χ2v) is 5.50. The Kier molecular flexibility index (Phi) is 5.12. The van der Waals surface area contributed by atoms with Gasteiger partial charge in [-0.15, -0.1) is 0 Å². The third-order valence-electron chi connectivity index (χ3n) is 3.70. The number of rotatable bonds is 5. The molecule has 0 saturated carbocycles. The number of ether oxygens (including phenoxy) is 1. The van der Waals surface area contributed by atoms with Crippen molar-refractivity contribution in [2.75, 3.05) is 12.4 Å². The number of hydrogen-bond acceptors (Lipinski definition) is 5. The molecule has 3 rings (SSSR count). The van der Waals surface area contributed by atoms with E-state index in [0.717, 1.165) is 5.56 Å². The molecule has 2 N–H and O–H groups in total. The number of nitrogens with zero attached hydrogens (tertiary/aromatic N) is 2. The Balaban J connectivity index is 1.62. The van der Waals surface area contributed by atoms with Crippen LogP contribution >= 0.6 is 0 Å². The Morgan fingerprint density at radius 3 is 2.69 bits per heavy atom. The molecule has 0 unspecified atom stereocenters. The summed E-state index contributed by atoms with van der Waals surface area (Å²) >= 11 is 0. The van der Waals surface area contributed by atoms with Gasteiger partial charge in [0, 0.05) is 5.56 Å². The van der Waals surface area contributed by atoms with Gasteiger partial charge >= 0.3 is 12.0 Å². The number of nitrogens with one attached hydrogen (secondary N) is 2. The van der Waals surface area contributed by atoms with E-state index in [-0.39, 0.29) is 11.8 Å². The Bertz CT molecular complexity index is 898. The van der Waals surface area contributed by atoms with Crippen molar-refractivity contribution in [3.8, 4) is 17.1 Å². The zero-order chi connectivity index (χ0) is 18.5. The number of hydrogen-bond donors (Lipinski definition) is 2. The van der Waals surface area contributed by atoms with E-state index in [9.17, 15) is 9.18 Å². The summed E-state index contributed by atoms with van der Waals surface area (Å²) in [6.07, 6.45) is 0. The van der Waals surface area contributed by atoms with Gasteiger partial charge in [0.25, 0.3) is 0 Å². The van der Waals surface area contributed by atoms with Gasteiger partial charge in [-0.25, -0.2) is 9.18 Å². The molecule has 8 heteroatoms. The molecule has 0 spiro atoms. The number of carbonyl (C=O) groups is 1. The number of benzene rings is 2. The van der Waals surface area contributed by atoms with Crippen LogP contribution in [0.1, 0.15) is 18.5 Å². The molecule has 2 amide bonds. The van der Waals surface area contributed by atoms with E-state index in [2.05, 4.69) is 20.8 Å². The summed E-state index contributed by atoms with van der Waals surface area (Å²) in [5, 5.41) is 8.95. The van der Waals surface area contributed by atoms with Gasteiger partial charge in [0.05, 0.1) is 13.2 Å². The fourth-order valence-corrected chi connectivity index (χ4v) is 2.34. The molecule has 3 aromatic rings. The lowest BCUT2D eigenvalue weighted by Gasteiger charge is -2.14. The molecule has 0 fully saturated rings. The van der Waals surface area contributed by atoms with Crippen molar-refractivity contribution in [2.24, 2.45) is 0 Å². The number of halogens is 1. The van der Waals surface area contributed by atoms with Gasteiger partial charge in [-0.1, -0.05) is 41.6 Å². The van der Waals surface area contributed by atoms with Crippen LogP contribution in [0.5, 0.6) is 5.75 Å². The minimum Gasteiger partial charge on any atom is -0.494 e. The SMILES string of the molecule is COc1ccc([C@@H](C)NC(=O)Nc2nc(-c3ccccc3)no2)cc1F. The highest BCUT2D eigenvalue weighted by Gasteiger charge is 2.15. The number of carbonyl (C=O) groups excluding carboxylic acids is 1. The van der Waals surface area contributed by atoms with Gasteiger partial charge in [-0.3, -0.25) is 5.32 Å². The van der Waals surface area contributed by atoms with Gasteiger partial charge in [-0.2, -0.15) is 4.98 Å². The van der Waals surface area contributed by atoms with Gasteiger partial charge in [-0.05, 0) is 24.6 Å². The lowest BCUT2D eigenvalue weighted by Crippen LogP contribution is -2.31. The predicted octanol–water partition coefficient (Wildman–Crippen LogP) is 3.77. The molecule has 0 radical (unpaired) electrons. The summed E-state index contributed by atoms with van der Waals surface area (Å²) in [7, 11) is 1.39. The van der Waals surface area contributed by atoms with Crippen molar-refractivity contribution in [3.63, 3.8) is 0 Å². The molecule has 1 heterocycles. The maximum absolute atomic E-state index is 13.8. The number of amides is 2. The summed E-state index contributed by atoms with van der Waals surface area (Å²) in [5.41, 5.74) is 1.36. The van der Waals surface area contributed by atoms with Crippen molar-refractivity contribution in [3.05, 3.63) is 59.9 Å². The second-order valence-electron chi connectivity index (χ2n) is 5.50. The highest BCUT2D eigenvalue weighted by Crippen LogP contribution is 2.22. The highest BCUT2D eigenvalue weighted by molar-refractivity contribution is 5.87. The first-order valence-corrected chi connectivity index (χ1v) is 7.87. The van der Waals surface area contributed by atoms with Crippen LogP contribution in [0.4, 0.5) is 15.2 Å². The number of anilines is 1. The molecule has 0 aliphatic carbocycles. The summed E-state index contributed by atoms with van der Waals surface area (Å²) in [6.45, 7) is 1.73. The lowest BCUT2D eigenvalue weighted by molar-refractivity contribution is 0.248. The van der Waals surface area contributed by atoms with Gasteiger partial charge in [0.2, 0.25) is 5.82 Å². The molecular formula is C18H17FN4O3. The molecule has 0 aliphatic rings. The minimum absolute atomic E-state index is 0.0329. The zero-order valence-corrected chi connectivity index (χ0v) is 14.2. The third-order valence-corrected chi connectivity index (χ3v) is 3.70. The monoisotopic (exact) mass is 356 g/mol. The van der Waals surface area contributed by atoms with Gasteiger partial charge in [0.1, 0.15) is 0 Å². The average molecular weight is 356 g/mol. The number of aromatic nitrogens is 2. The first kappa shape index (κ1) is 17.4. The van der Waals surface area contributed by atoms with Crippen LogP contribution in [-0.2, 0) is 0 Å². The van der Waals surface area contributed by atoms with Crippen molar-refractivity contribution in [1.29, 1.82) is 0 Å². The molecule has 0 aliphatic heterocycles. The van der Waals surface area contributed by atoms with Crippen LogP contribution in [0.3, 0.4) is 0 Å². The van der Waals surface area contributed by atoms with Crippen molar-refractivity contribution >= 4 is 12.0 Å². The van der Waals surface area contributed by atoms with E-state index in [1.54, 1.807) is 13.0 Å². The van der Waals surface area contributed by atoms with E-state index >= 15 is 0 Å². The molecule has 7 nitrogen and oxygen atoms in total. The highest BCUT2D eigenvalue weighted by atomic mass is 19.1. The molecule has 26 heavy (non-hydrogen) atoms. The van der Waals surface area contributed by atoms with E-state index in [1.807, 2.05) is 30.3 Å². The Hall–Kier alpha value is -3.42. The van der Waals surface area contributed by atoms with Crippen LogP contribution in [0.25, 0.3) is 11.4 Å². The first-order chi connectivity index (χ1) is 12.6. The van der Waals surface area contributed by atoms with E-state index in [4.69, 9.17) is 9.26 Å². The lowest BCUT2D eigenvalue weighted by atomic mass is 10.1. The van der Waals surface area contributed by atoms with E-state index < -0.39 is 17.9 Å². The zero-order valence-electron chi connectivity index (χ0n) is 14.2. The Labute approximate surface area is 149 Å². The van der Waals surface area contributed by atoms with Gasteiger partial charge < -0.3 is 14.6 Å². The summed E-state index contributed by atoms with van der Waals surface area (Å²) < 4.78 is 23.7. The van der Waals surface area contributed by atoms with Crippen molar-refractivity contribution < 1.29 is 18.4 Å². The molecular weight excluding hydrogens is 339 g/mol. The van der Waals surface area contributed by atoms with Crippen LogP contribution < -0.4 is 15.4 Å². The number of urea groups is 1. The van der Waals surface area contributed by atoms with E-state index in [0.29, 0.717) is 11.4 Å². The predicted molar refractivity (Wildman–Crippen MR) is 93.3 cm³/mol. The fraction of sp³-hybridized carbons (Fsp3) is 0.167. The minimum atomic E-state index is -0.544. The fourth-order valence-electron chi connectivity index (χ4n) is 2.34. The molecule has 1 atom stereocenters. The summed E-state index contributed by atoms with van der Waals surface area (Å²) in [6, 6.07) is 12.7. The molecule has 0 saturated heterocycles. The molecule has 2 aromatic carbocycles. The molecule has 1 aromatic heterocycles. The Morgan fingerprint density at radius 2 is 2.00 bits per heavy atom. The molecule has 134 valence electrons. The van der Waals surface area contributed by atoms with Crippen LogP contribution in [-0.4, -0.2) is 23.3 Å². The standard InChI is InChI=1S/C18H17FN4O3/c1-11(13-8-9-15(25-2)14(19)10-13)20-17(24)22-18-21-16(23-26-18)12-6-4-3-5-7-12/h3-11H,1-2H3,(H2,20,21,22,23,24)/t11-/m1/s1. The second kappa shape index (κ2) is 7.64. The summed E-state index contributed by atoms with van der Waals surface area (Å²) in [5.74, 6) is 0.0133. The maximum Gasteiger partial charge on any atom is 0.329 e. The largest absolute Gasteiger partial charge is 0.494 e. The molecule has 0 bridgehead atoms. The van der Waals surface area contributed by atoms with E-state index in [1.165, 1.54) is 19.2 Å². The quantitative estimate of drug-likeness (QED) is 0.726. The number of methoxy groups -OCH3 is 1. The van der Waals surface area contributed by atoms with Crippen molar-refractivity contribution in [2.45, 2.75) is 13.0 Å². The average Bonchev–Trinajstić information content (AvgIpc) is 3.10. The Morgan fingerprint density at radius 1 is 1.23 bits per heavy atom. The normalized spacial score (nSPS) is 11.7. The van der Waals surface area contributed by atoms with Gasteiger partial charge in [0.15, 0.2) is 11.6 Å². The maximum atomic E-state index is 13.8. The van der Waals surface area contributed by atoms with Crippen LogP contribution in [0.2, 0.25) is 0 Å². The van der Waals surface area contributed by atoms with Crippen molar-refractivity contribution in [1.82, 2.24) is 15.5 Å². The topological polar surface area (TPSA) is 89.3 Å². The summed E-state index contributed by atoms with van der Waals surface area (Å²) in [4.78, 5) is 16.2.